The molecule has 3 heterocycles. The summed E-state index contributed by atoms with van der Waals surface area (Å²) in [4.78, 5) is 31.7. The molecule has 3 aromatic rings. The van der Waals surface area contributed by atoms with Crippen LogP contribution in [0.4, 0.5) is 0 Å². The zero-order chi connectivity index (χ0) is 17.9. The van der Waals surface area contributed by atoms with E-state index in [1.165, 1.54) is 0 Å². The number of rotatable bonds is 5. The Morgan fingerprint density at radius 2 is 1.92 bits per heavy atom. The minimum Gasteiger partial charge on any atom is -0.332 e. The molecule has 1 atom stereocenters. The van der Waals surface area contributed by atoms with E-state index < -0.39 is 0 Å². The van der Waals surface area contributed by atoms with Crippen molar-refractivity contribution < 1.29 is 9.59 Å². The molecule has 0 saturated carbocycles. The second-order valence-corrected chi connectivity index (χ2v) is 6.65. The molecule has 1 fully saturated rings. The molecule has 0 aliphatic carbocycles. The van der Waals surface area contributed by atoms with Crippen molar-refractivity contribution in [1.29, 1.82) is 0 Å². The number of aromatic nitrogens is 2. The van der Waals surface area contributed by atoms with Gasteiger partial charge >= 0.3 is 0 Å². The Hall–Kier alpha value is -2.95. The Bertz CT molecular complexity index is 933. The molecule has 1 unspecified atom stereocenters. The van der Waals surface area contributed by atoms with Gasteiger partial charge < -0.3 is 9.47 Å². The summed E-state index contributed by atoms with van der Waals surface area (Å²) in [5, 5.41) is 1.07. The van der Waals surface area contributed by atoms with Gasteiger partial charge in [-0.05, 0) is 31.0 Å². The molecule has 1 amide bonds. The Kier molecular flexibility index (Phi) is 4.52. The van der Waals surface area contributed by atoms with E-state index in [1.54, 1.807) is 11.1 Å². The minimum absolute atomic E-state index is 0.0366. The predicted molar refractivity (Wildman–Crippen MR) is 99.9 cm³/mol. The van der Waals surface area contributed by atoms with Gasteiger partial charge in [-0.25, -0.2) is 4.98 Å². The number of hydrogen-bond acceptors (Lipinski definition) is 3. The van der Waals surface area contributed by atoms with Crippen LogP contribution in [0.2, 0.25) is 0 Å². The van der Waals surface area contributed by atoms with Crippen molar-refractivity contribution in [3.8, 4) is 0 Å². The van der Waals surface area contributed by atoms with Crippen LogP contribution in [0.5, 0.6) is 0 Å². The van der Waals surface area contributed by atoms with Gasteiger partial charge in [-0.3, -0.25) is 9.59 Å². The smallest absolute Gasteiger partial charge is 0.224 e. The highest BCUT2D eigenvalue weighted by Crippen LogP contribution is 2.22. The summed E-state index contributed by atoms with van der Waals surface area (Å²) in [7, 11) is 0. The normalized spacial score (nSPS) is 16.9. The molecule has 1 saturated heterocycles. The second-order valence-electron chi connectivity index (χ2n) is 6.65. The predicted octanol–water partition coefficient (Wildman–Crippen LogP) is 3.30. The fraction of sp³-hybridized carbons (Fsp3) is 0.286. The quantitative estimate of drug-likeness (QED) is 0.666. The summed E-state index contributed by atoms with van der Waals surface area (Å²) >= 11 is 0. The number of ketones is 1. The van der Waals surface area contributed by atoms with Crippen LogP contribution in [-0.4, -0.2) is 38.7 Å². The zero-order valence-corrected chi connectivity index (χ0v) is 14.5. The van der Waals surface area contributed by atoms with Gasteiger partial charge in [0.25, 0.3) is 0 Å². The van der Waals surface area contributed by atoms with Crippen molar-refractivity contribution in [3.63, 3.8) is 0 Å². The summed E-state index contributed by atoms with van der Waals surface area (Å²) in [6, 6.07) is 14.8. The first kappa shape index (κ1) is 16.5. The van der Waals surface area contributed by atoms with Crippen molar-refractivity contribution in [2.75, 3.05) is 6.54 Å². The van der Waals surface area contributed by atoms with Gasteiger partial charge in [-0.15, -0.1) is 0 Å². The number of amides is 1. The largest absolute Gasteiger partial charge is 0.332 e. The van der Waals surface area contributed by atoms with Crippen molar-refractivity contribution in [2.45, 2.75) is 31.8 Å². The second kappa shape index (κ2) is 7.12. The van der Waals surface area contributed by atoms with Gasteiger partial charge in [0, 0.05) is 42.9 Å². The number of fused-ring (bicyclic) bond motifs is 1. The fourth-order valence-corrected chi connectivity index (χ4v) is 3.69. The molecule has 1 aliphatic heterocycles. The summed E-state index contributed by atoms with van der Waals surface area (Å²) in [5.74, 6) is 0.0825. The van der Waals surface area contributed by atoms with E-state index in [1.807, 2.05) is 59.3 Å². The third-order valence-corrected chi connectivity index (χ3v) is 5.02. The van der Waals surface area contributed by atoms with E-state index in [-0.39, 0.29) is 17.7 Å². The average molecular weight is 347 g/mol. The minimum atomic E-state index is -0.329. The Balaban J connectivity index is 1.44. The molecule has 1 aromatic carbocycles. The molecular formula is C21H21N3O2. The number of nitrogens with zero attached hydrogens (tertiary/aromatic N) is 3. The van der Waals surface area contributed by atoms with Crippen LogP contribution < -0.4 is 0 Å². The highest BCUT2D eigenvalue weighted by atomic mass is 16.2. The first-order chi connectivity index (χ1) is 12.7. The van der Waals surface area contributed by atoms with Crippen LogP contribution in [0.25, 0.3) is 11.0 Å². The van der Waals surface area contributed by atoms with Gasteiger partial charge in [-0.1, -0.05) is 30.3 Å². The molecule has 0 N–H and O–H groups in total. The number of likely N-dealkylation sites (tertiary alicyclic amines) is 1. The van der Waals surface area contributed by atoms with Crippen molar-refractivity contribution >= 4 is 22.7 Å². The van der Waals surface area contributed by atoms with E-state index in [9.17, 15) is 9.59 Å². The number of carbonyl (C=O) groups is 2. The lowest BCUT2D eigenvalue weighted by atomic mass is 10.0. The van der Waals surface area contributed by atoms with Crippen LogP contribution in [0, 0.1) is 0 Å². The zero-order valence-electron chi connectivity index (χ0n) is 14.5. The van der Waals surface area contributed by atoms with Gasteiger partial charge in [0.15, 0.2) is 5.78 Å². The van der Waals surface area contributed by atoms with Crippen molar-refractivity contribution in [2.24, 2.45) is 0 Å². The number of benzene rings is 1. The highest BCUT2D eigenvalue weighted by molar-refractivity contribution is 6.02. The topological polar surface area (TPSA) is 55.2 Å². The van der Waals surface area contributed by atoms with Gasteiger partial charge in [0.2, 0.25) is 5.91 Å². The Morgan fingerprint density at radius 1 is 1.08 bits per heavy atom. The van der Waals surface area contributed by atoms with E-state index in [2.05, 4.69) is 4.98 Å². The molecule has 26 heavy (non-hydrogen) atoms. The van der Waals surface area contributed by atoms with Crippen molar-refractivity contribution in [3.05, 3.63) is 66.5 Å². The Labute approximate surface area is 152 Å². The lowest BCUT2D eigenvalue weighted by Crippen LogP contribution is -2.40. The van der Waals surface area contributed by atoms with Crippen LogP contribution in [-0.2, 0) is 11.3 Å². The van der Waals surface area contributed by atoms with Gasteiger partial charge in [-0.2, -0.15) is 0 Å². The molecule has 5 nitrogen and oxygen atoms in total. The molecule has 2 aromatic heterocycles. The summed E-state index contributed by atoms with van der Waals surface area (Å²) in [5.41, 5.74) is 1.57. The lowest BCUT2D eigenvalue weighted by molar-refractivity contribution is -0.131. The number of carbonyl (C=O) groups excluding carboxylic acids is 2. The van der Waals surface area contributed by atoms with Crippen LogP contribution in [0.15, 0.2) is 60.9 Å². The van der Waals surface area contributed by atoms with Crippen molar-refractivity contribution in [1.82, 2.24) is 14.5 Å². The maximum absolute atomic E-state index is 12.8. The SMILES string of the molecule is O=C(c1ccccc1)C1CCCN1C(=O)CCn1ccc2cccnc21. The fourth-order valence-electron chi connectivity index (χ4n) is 3.69. The maximum Gasteiger partial charge on any atom is 0.224 e. The Morgan fingerprint density at radius 3 is 2.77 bits per heavy atom. The third kappa shape index (κ3) is 3.12. The molecule has 0 radical (unpaired) electrons. The standard InChI is InChI=1S/C21H21N3O2/c25-19(11-15-23-14-10-17-8-4-12-22-21(17)23)24-13-5-9-18(24)20(26)16-6-2-1-3-7-16/h1-4,6-8,10,12,14,18H,5,9,11,13,15H2. The van der Waals surface area contributed by atoms with Gasteiger partial charge in [0.05, 0.1) is 6.04 Å². The number of Topliss-reactive ketones (excluding diaryl/α,β-unsaturated/α-hetero) is 1. The molecular weight excluding hydrogens is 326 g/mol. The monoisotopic (exact) mass is 347 g/mol. The third-order valence-electron chi connectivity index (χ3n) is 5.02. The van der Waals surface area contributed by atoms with E-state index in [0.717, 1.165) is 23.9 Å². The van der Waals surface area contributed by atoms with Crippen LogP contribution in [0.3, 0.4) is 0 Å². The van der Waals surface area contributed by atoms with E-state index in [0.29, 0.717) is 25.1 Å². The molecule has 1 aliphatic rings. The number of pyridine rings is 1. The first-order valence-electron chi connectivity index (χ1n) is 9.02. The number of aryl methyl sites for hydroxylation is 1. The highest BCUT2D eigenvalue weighted by Gasteiger charge is 2.34. The van der Waals surface area contributed by atoms with E-state index >= 15 is 0 Å². The molecule has 132 valence electrons. The number of hydrogen-bond donors (Lipinski definition) is 0. The molecule has 0 bridgehead atoms. The van der Waals surface area contributed by atoms with Gasteiger partial charge in [0.1, 0.15) is 5.65 Å². The maximum atomic E-state index is 12.8. The van der Waals surface area contributed by atoms with Crippen LogP contribution in [0.1, 0.15) is 29.6 Å². The molecule has 4 rings (SSSR count). The van der Waals surface area contributed by atoms with Crippen LogP contribution >= 0.6 is 0 Å². The molecule has 0 spiro atoms. The molecule has 5 heteroatoms. The summed E-state index contributed by atoms with van der Waals surface area (Å²) in [6.07, 6.45) is 5.71. The summed E-state index contributed by atoms with van der Waals surface area (Å²) < 4.78 is 2.00. The average Bonchev–Trinajstić information content (AvgIpc) is 3.33. The first-order valence-corrected chi connectivity index (χ1v) is 9.02. The summed E-state index contributed by atoms with van der Waals surface area (Å²) in [6.45, 7) is 1.23. The van der Waals surface area contributed by atoms with E-state index in [4.69, 9.17) is 0 Å². The lowest BCUT2D eigenvalue weighted by Gasteiger charge is -2.24.